The maximum Gasteiger partial charge on any atom is 0.258 e. The predicted octanol–water partition coefficient (Wildman–Crippen LogP) is 4.13. The lowest BCUT2D eigenvalue weighted by Gasteiger charge is -2.29. The van der Waals surface area contributed by atoms with Gasteiger partial charge in [0.05, 0.1) is 11.6 Å². The molecule has 0 radical (unpaired) electrons. The number of hydrogen-bond acceptors (Lipinski definition) is 4. The van der Waals surface area contributed by atoms with Gasteiger partial charge in [-0.05, 0) is 43.8 Å². The van der Waals surface area contributed by atoms with E-state index >= 15 is 0 Å². The minimum absolute atomic E-state index is 0.294. The first-order valence-corrected chi connectivity index (χ1v) is 8.87. The summed E-state index contributed by atoms with van der Waals surface area (Å²) < 4.78 is 18.9. The molecule has 1 aliphatic rings. The van der Waals surface area contributed by atoms with Gasteiger partial charge >= 0.3 is 0 Å². The molecule has 0 bridgehead atoms. The van der Waals surface area contributed by atoms with E-state index in [1.54, 1.807) is 12.1 Å². The van der Waals surface area contributed by atoms with Crippen LogP contribution < -0.4 is 10.6 Å². The Kier molecular flexibility index (Phi) is 4.45. The number of hydrogen-bond donors (Lipinski definition) is 2. The van der Waals surface area contributed by atoms with Crippen molar-refractivity contribution in [2.75, 3.05) is 0 Å². The molecule has 2 aromatic carbocycles. The van der Waals surface area contributed by atoms with Crippen LogP contribution in [0.15, 0.2) is 58.8 Å². The maximum absolute atomic E-state index is 13.3. The molecule has 136 valence electrons. The Morgan fingerprint density at radius 3 is 2.44 bits per heavy atom. The quantitative estimate of drug-likeness (QED) is 0.666. The molecule has 2 heterocycles. The first-order chi connectivity index (χ1) is 13.0. The largest absolute Gasteiger partial charge is 0.351 e. The van der Waals surface area contributed by atoms with Crippen molar-refractivity contribution < 1.29 is 8.91 Å². The molecule has 0 spiro atoms. The molecule has 3 aromatic rings. The molecule has 0 amide bonds. The highest BCUT2D eigenvalue weighted by molar-refractivity contribution is 7.80. The van der Waals surface area contributed by atoms with Gasteiger partial charge in [0.25, 0.3) is 5.89 Å². The normalized spacial score (nSPS) is 16.9. The second-order valence-corrected chi connectivity index (χ2v) is 6.82. The Balaban J connectivity index is 1.75. The molecule has 0 aliphatic carbocycles. The summed E-state index contributed by atoms with van der Waals surface area (Å²) in [5, 5.41) is 10.9. The van der Waals surface area contributed by atoms with Gasteiger partial charge in [0.2, 0.25) is 5.82 Å². The number of benzene rings is 2. The fourth-order valence-corrected chi connectivity index (χ4v) is 3.31. The SMILES string of the molecule is CC1=C(c2nc(-c3ccc(C)cc3)no2)[C@@H](c2ccc(F)cc2)NC(=S)N1. The summed E-state index contributed by atoms with van der Waals surface area (Å²) in [5.41, 5.74) is 4.48. The van der Waals surface area contributed by atoms with Gasteiger partial charge in [-0.2, -0.15) is 4.98 Å². The summed E-state index contributed by atoms with van der Waals surface area (Å²) in [6.07, 6.45) is 0. The van der Waals surface area contributed by atoms with E-state index < -0.39 is 0 Å². The van der Waals surface area contributed by atoms with Crippen LogP contribution in [0.1, 0.15) is 30.0 Å². The van der Waals surface area contributed by atoms with E-state index in [1.165, 1.54) is 12.1 Å². The Hall–Kier alpha value is -3.06. The van der Waals surface area contributed by atoms with Crippen molar-refractivity contribution in [1.29, 1.82) is 0 Å². The summed E-state index contributed by atoms with van der Waals surface area (Å²) >= 11 is 5.29. The predicted molar refractivity (Wildman–Crippen MR) is 105 cm³/mol. The minimum Gasteiger partial charge on any atom is -0.351 e. The summed E-state index contributed by atoms with van der Waals surface area (Å²) in [6, 6.07) is 13.9. The minimum atomic E-state index is -0.314. The number of allylic oxidation sites excluding steroid dienone is 1. The van der Waals surface area contributed by atoms with Crippen molar-refractivity contribution in [3.05, 3.63) is 77.1 Å². The Labute approximate surface area is 161 Å². The van der Waals surface area contributed by atoms with Gasteiger partial charge in [-0.1, -0.05) is 47.1 Å². The molecule has 1 aliphatic heterocycles. The highest BCUT2D eigenvalue weighted by Gasteiger charge is 2.30. The molecule has 2 N–H and O–H groups in total. The average Bonchev–Trinajstić information content (AvgIpc) is 3.12. The smallest absolute Gasteiger partial charge is 0.258 e. The zero-order chi connectivity index (χ0) is 19.0. The van der Waals surface area contributed by atoms with Crippen LogP contribution in [0.2, 0.25) is 0 Å². The number of nitrogens with zero attached hydrogens (tertiary/aromatic N) is 2. The van der Waals surface area contributed by atoms with E-state index in [9.17, 15) is 4.39 Å². The van der Waals surface area contributed by atoms with Crippen LogP contribution in [0.25, 0.3) is 17.0 Å². The topological polar surface area (TPSA) is 63.0 Å². The fraction of sp³-hybridized carbons (Fsp3) is 0.150. The Morgan fingerprint density at radius 2 is 1.74 bits per heavy atom. The van der Waals surface area contributed by atoms with E-state index in [0.717, 1.165) is 28.0 Å². The molecule has 4 rings (SSSR count). The molecule has 5 nitrogen and oxygen atoms in total. The lowest BCUT2D eigenvalue weighted by Crippen LogP contribution is -2.42. The molecule has 1 atom stereocenters. The zero-order valence-corrected chi connectivity index (χ0v) is 15.6. The van der Waals surface area contributed by atoms with Gasteiger partial charge in [0, 0.05) is 11.3 Å². The number of nitrogens with one attached hydrogen (secondary N) is 2. The molecule has 0 fully saturated rings. The lowest BCUT2D eigenvalue weighted by molar-refractivity contribution is 0.403. The number of aryl methyl sites for hydroxylation is 1. The summed E-state index contributed by atoms with van der Waals surface area (Å²) in [6.45, 7) is 3.92. The van der Waals surface area contributed by atoms with E-state index in [0.29, 0.717) is 16.8 Å². The molecule has 27 heavy (non-hydrogen) atoms. The van der Waals surface area contributed by atoms with Crippen molar-refractivity contribution >= 4 is 22.9 Å². The first-order valence-electron chi connectivity index (χ1n) is 8.46. The van der Waals surface area contributed by atoms with Crippen LogP contribution in [0.4, 0.5) is 4.39 Å². The third-order valence-corrected chi connectivity index (χ3v) is 4.66. The van der Waals surface area contributed by atoms with Crippen LogP contribution in [0, 0.1) is 12.7 Å². The van der Waals surface area contributed by atoms with E-state index in [4.69, 9.17) is 16.7 Å². The standard InChI is InChI=1S/C20H17FN4OS/c1-11-3-5-14(6-4-11)18-24-19(26-25-18)16-12(2)22-20(27)23-17(16)13-7-9-15(21)10-8-13/h3-10,17H,1-2H3,(H2,22,23,27)/t17-/m1/s1. The number of rotatable bonds is 3. The van der Waals surface area contributed by atoms with Crippen LogP contribution >= 0.6 is 12.2 Å². The second kappa shape index (κ2) is 6.92. The molecule has 0 saturated heterocycles. The van der Waals surface area contributed by atoms with Crippen molar-refractivity contribution in [3.63, 3.8) is 0 Å². The van der Waals surface area contributed by atoms with Crippen LogP contribution in [-0.4, -0.2) is 15.3 Å². The molecular formula is C20H17FN4OS. The molecule has 7 heteroatoms. The number of aromatic nitrogens is 2. The van der Waals surface area contributed by atoms with Gasteiger partial charge in [0.15, 0.2) is 5.11 Å². The molecule has 0 saturated carbocycles. The van der Waals surface area contributed by atoms with Crippen molar-refractivity contribution in [3.8, 4) is 11.4 Å². The van der Waals surface area contributed by atoms with Crippen LogP contribution in [0.3, 0.4) is 0 Å². The average molecular weight is 380 g/mol. The second-order valence-electron chi connectivity index (χ2n) is 6.41. The van der Waals surface area contributed by atoms with Gasteiger partial charge < -0.3 is 15.2 Å². The third-order valence-electron chi connectivity index (χ3n) is 4.44. The summed E-state index contributed by atoms with van der Waals surface area (Å²) in [7, 11) is 0. The maximum atomic E-state index is 13.3. The van der Waals surface area contributed by atoms with Crippen LogP contribution in [-0.2, 0) is 0 Å². The van der Waals surface area contributed by atoms with Crippen molar-refractivity contribution in [1.82, 2.24) is 20.8 Å². The first kappa shape index (κ1) is 17.4. The van der Waals surface area contributed by atoms with Gasteiger partial charge in [-0.3, -0.25) is 0 Å². The van der Waals surface area contributed by atoms with E-state index in [1.807, 2.05) is 38.1 Å². The Morgan fingerprint density at radius 1 is 1.04 bits per heavy atom. The van der Waals surface area contributed by atoms with E-state index in [2.05, 4.69) is 20.8 Å². The van der Waals surface area contributed by atoms with Crippen molar-refractivity contribution in [2.24, 2.45) is 0 Å². The number of thiocarbonyl (C=S) groups is 1. The van der Waals surface area contributed by atoms with Gasteiger partial charge in [-0.25, -0.2) is 4.39 Å². The fourth-order valence-electron chi connectivity index (χ4n) is 3.04. The molecular weight excluding hydrogens is 363 g/mol. The van der Waals surface area contributed by atoms with E-state index in [-0.39, 0.29) is 11.9 Å². The zero-order valence-electron chi connectivity index (χ0n) is 14.8. The van der Waals surface area contributed by atoms with Gasteiger partial charge in [0.1, 0.15) is 5.82 Å². The van der Waals surface area contributed by atoms with Crippen LogP contribution in [0.5, 0.6) is 0 Å². The summed E-state index contributed by atoms with van der Waals surface area (Å²) in [5.74, 6) is 0.605. The van der Waals surface area contributed by atoms with Gasteiger partial charge in [-0.15, -0.1) is 0 Å². The monoisotopic (exact) mass is 380 g/mol. The highest BCUT2D eigenvalue weighted by Crippen LogP contribution is 2.34. The summed E-state index contributed by atoms with van der Waals surface area (Å²) in [4.78, 5) is 4.57. The number of halogens is 1. The third kappa shape index (κ3) is 3.46. The van der Waals surface area contributed by atoms with Crippen molar-refractivity contribution in [2.45, 2.75) is 19.9 Å². The molecule has 0 unspecified atom stereocenters. The molecule has 1 aromatic heterocycles. The lowest BCUT2D eigenvalue weighted by atomic mass is 9.95. The Bertz CT molecular complexity index is 1020. The highest BCUT2D eigenvalue weighted by atomic mass is 32.1.